The summed E-state index contributed by atoms with van der Waals surface area (Å²) in [6, 6.07) is 0. The molecule has 6 nitrogen and oxygen atoms in total. The number of carbonyl (C=O) groups is 2. The highest BCUT2D eigenvalue weighted by Crippen LogP contribution is 2.29. The van der Waals surface area contributed by atoms with Gasteiger partial charge in [0.1, 0.15) is 11.2 Å². The largest absolute Gasteiger partial charge is 0.354 e. The van der Waals surface area contributed by atoms with E-state index >= 15 is 0 Å². The summed E-state index contributed by atoms with van der Waals surface area (Å²) < 4.78 is 0. The molecule has 1 aliphatic rings. The van der Waals surface area contributed by atoms with Gasteiger partial charge in [-0.3, -0.25) is 9.59 Å². The third-order valence-electron chi connectivity index (χ3n) is 4.45. The van der Waals surface area contributed by atoms with Crippen LogP contribution in [0, 0.1) is 0 Å². The summed E-state index contributed by atoms with van der Waals surface area (Å²) in [5, 5.41) is 8.58. The van der Waals surface area contributed by atoms with Gasteiger partial charge < -0.3 is 16.4 Å². The number of nitrogens with zero attached hydrogens (tertiary/aromatic N) is 1. The van der Waals surface area contributed by atoms with E-state index in [2.05, 4.69) is 22.5 Å². The number of thiazole rings is 1. The van der Waals surface area contributed by atoms with Gasteiger partial charge in [0.05, 0.1) is 5.01 Å². The Kier molecular flexibility index (Phi) is 7.17. The maximum Gasteiger partial charge on any atom is 0.271 e. The van der Waals surface area contributed by atoms with Crippen molar-refractivity contribution in [3.8, 4) is 0 Å². The van der Waals surface area contributed by atoms with E-state index in [4.69, 9.17) is 5.73 Å². The molecule has 0 aromatic carbocycles. The first-order chi connectivity index (χ1) is 11.6. The van der Waals surface area contributed by atoms with E-state index in [0.717, 1.165) is 37.1 Å². The highest BCUT2D eigenvalue weighted by Gasteiger charge is 2.41. The molecule has 0 unspecified atom stereocenters. The summed E-state index contributed by atoms with van der Waals surface area (Å²) >= 11 is 1.44. The van der Waals surface area contributed by atoms with Gasteiger partial charge in [-0.25, -0.2) is 4.98 Å². The Bertz CT molecular complexity index is 553. The summed E-state index contributed by atoms with van der Waals surface area (Å²) in [6.07, 6.45) is 7.05. The van der Waals surface area contributed by atoms with E-state index in [1.54, 1.807) is 5.38 Å². The summed E-state index contributed by atoms with van der Waals surface area (Å²) in [6.45, 7) is 3.26. The van der Waals surface area contributed by atoms with E-state index in [-0.39, 0.29) is 11.8 Å². The molecule has 24 heavy (non-hydrogen) atoms. The average molecular weight is 353 g/mol. The lowest BCUT2D eigenvalue weighted by molar-refractivity contribution is -0.128. The van der Waals surface area contributed by atoms with Gasteiger partial charge in [0.15, 0.2) is 0 Å². The highest BCUT2D eigenvalue weighted by atomic mass is 32.1. The molecule has 0 spiro atoms. The van der Waals surface area contributed by atoms with Crippen LogP contribution in [0.3, 0.4) is 0 Å². The summed E-state index contributed by atoms with van der Waals surface area (Å²) in [7, 11) is 0. The molecule has 1 saturated carbocycles. The average Bonchev–Trinajstić information content (AvgIpc) is 3.05. The molecule has 1 aromatic heterocycles. The van der Waals surface area contributed by atoms with E-state index in [0.29, 0.717) is 38.0 Å². The van der Waals surface area contributed by atoms with Crippen LogP contribution in [0.1, 0.15) is 67.4 Å². The topological polar surface area (TPSA) is 97.1 Å². The molecule has 0 radical (unpaired) electrons. The van der Waals surface area contributed by atoms with E-state index in [1.165, 1.54) is 11.3 Å². The Morgan fingerprint density at radius 3 is 2.75 bits per heavy atom. The standard InChI is InChI=1S/C17H28N4O2S/c1-2-3-11-19-16(23)17(8-5-4-6-9-17)21-15(22)13-12-24-14(20-13)7-10-18/h12H,2-11,18H2,1H3,(H,19,23)(H,21,22). The molecule has 1 heterocycles. The number of hydrogen-bond donors (Lipinski definition) is 3. The van der Waals surface area contributed by atoms with Crippen molar-refractivity contribution in [3.05, 3.63) is 16.1 Å². The number of carbonyl (C=O) groups excluding carboxylic acids is 2. The van der Waals surface area contributed by atoms with E-state index < -0.39 is 5.54 Å². The second kappa shape index (κ2) is 9.13. The first kappa shape index (κ1) is 18.9. The summed E-state index contributed by atoms with van der Waals surface area (Å²) in [5.74, 6) is -0.316. The lowest BCUT2D eigenvalue weighted by atomic mass is 9.80. The van der Waals surface area contributed by atoms with Gasteiger partial charge in [0, 0.05) is 18.3 Å². The highest BCUT2D eigenvalue weighted by molar-refractivity contribution is 7.09. The number of nitrogens with two attached hydrogens (primary N) is 1. The van der Waals surface area contributed by atoms with Crippen molar-refractivity contribution in [1.82, 2.24) is 15.6 Å². The normalized spacial score (nSPS) is 16.6. The molecule has 4 N–H and O–H groups in total. The van der Waals surface area contributed by atoms with E-state index in [1.807, 2.05) is 0 Å². The fourth-order valence-corrected chi connectivity index (χ4v) is 3.84. The number of nitrogens with one attached hydrogen (secondary N) is 2. The van der Waals surface area contributed by atoms with Crippen LogP contribution in [-0.4, -0.2) is 35.4 Å². The predicted octanol–water partition coefficient (Wildman–Crippen LogP) is 1.99. The molecule has 2 amide bonds. The Balaban J connectivity index is 2.06. The first-order valence-corrected chi connectivity index (χ1v) is 9.74. The van der Waals surface area contributed by atoms with Crippen molar-refractivity contribution in [2.45, 2.75) is 63.8 Å². The third-order valence-corrected chi connectivity index (χ3v) is 5.36. The lowest BCUT2D eigenvalue weighted by Crippen LogP contribution is -2.59. The molecule has 0 bridgehead atoms. The van der Waals surface area contributed by atoms with Crippen molar-refractivity contribution in [2.75, 3.05) is 13.1 Å². The van der Waals surface area contributed by atoms with Gasteiger partial charge >= 0.3 is 0 Å². The number of hydrogen-bond acceptors (Lipinski definition) is 5. The number of amides is 2. The molecular formula is C17H28N4O2S. The number of aromatic nitrogens is 1. The minimum absolute atomic E-state index is 0.0542. The van der Waals surface area contributed by atoms with Crippen molar-refractivity contribution in [3.63, 3.8) is 0 Å². The molecule has 1 fully saturated rings. The van der Waals surface area contributed by atoms with Crippen LogP contribution >= 0.6 is 11.3 Å². The second-order valence-electron chi connectivity index (χ2n) is 6.37. The molecule has 1 aromatic rings. The van der Waals surface area contributed by atoms with Crippen molar-refractivity contribution in [2.24, 2.45) is 5.73 Å². The molecule has 0 atom stereocenters. The second-order valence-corrected chi connectivity index (χ2v) is 7.31. The van der Waals surface area contributed by atoms with Gasteiger partial charge in [0.2, 0.25) is 5.91 Å². The molecule has 134 valence electrons. The molecule has 0 aliphatic heterocycles. The third kappa shape index (κ3) is 4.77. The minimum atomic E-state index is -0.791. The van der Waals surface area contributed by atoms with Crippen LogP contribution in [-0.2, 0) is 11.2 Å². The van der Waals surface area contributed by atoms with Crippen molar-refractivity contribution >= 4 is 23.2 Å². The minimum Gasteiger partial charge on any atom is -0.354 e. The fourth-order valence-electron chi connectivity index (χ4n) is 3.05. The maximum atomic E-state index is 12.7. The SMILES string of the molecule is CCCCNC(=O)C1(NC(=O)c2csc(CCN)n2)CCCCC1. The van der Waals surface area contributed by atoms with Crippen LogP contribution in [0.5, 0.6) is 0 Å². The Morgan fingerprint density at radius 1 is 1.33 bits per heavy atom. The predicted molar refractivity (Wildman–Crippen MR) is 96.1 cm³/mol. The van der Waals surface area contributed by atoms with Gasteiger partial charge in [-0.1, -0.05) is 32.6 Å². The smallest absolute Gasteiger partial charge is 0.271 e. The monoisotopic (exact) mass is 352 g/mol. The van der Waals surface area contributed by atoms with Gasteiger partial charge in [-0.15, -0.1) is 11.3 Å². The maximum absolute atomic E-state index is 12.7. The van der Waals surface area contributed by atoms with Gasteiger partial charge in [-0.05, 0) is 25.8 Å². The van der Waals surface area contributed by atoms with Crippen LogP contribution in [0.4, 0.5) is 0 Å². The Morgan fingerprint density at radius 2 is 2.08 bits per heavy atom. The molecule has 1 aliphatic carbocycles. The molecule has 7 heteroatoms. The van der Waals surface area contributed by atoms with Crippen LogP contribution in [0.25, 0.3) is 0 Å². The zero-order chi connectivity index (χ0) is 17.4. The fraction of sp³-hybridized carbons (Fsp3) is 0.706. The molecule has 2 rings (SSSR count). The van der Waals surface area contributed by atoms with Crippen molar-refractivity contribution < 1.29 is 9.59 Å². The number of rotatable bonds is 8. The molecular weight excluding hydrogens is 324 g/mol. The Hall–Kier alpha value is -1.47. The Labute approximate surface area is 147 Å². The molecule has 0 saturated heterocycles. The summed E-state index contributed by atoms with van der Waals surface area (Å²) in [5.41, 5.74) is 5.12. The zero-order valence-electron chi connectivity index (χ0n) is 14.4. The quantitative estimate of drug-likeness (QED) is 0.623. The van der Waals surface area contributed by atoms with Gasteiger partial charge in [0.25, 0.3) is 5.91 Å². The zero-order valence-corrected chi connectivity index (χ0v) is 15.2. The summed E-state index contributed by atoms with van der Waals surface area (Å²) in [4.78, 5) is 29.6. The van der Waals surface area contributed by atoms with E-state index in [9.17, 15) is 9.59 Å². The lowest BCUT2D eigenvalue weighted by Gasteiger charge is -2.36. The first-order valence-electron chi connectivity index (χ1n) is 8.86. The number of unbranched alkanes of at least 4 members (excludes halogenated alkanes) is 1. The van der Waals surface area contributed by atoms with Crippen LogP contribution < -0.4 is 16.4 Å². The van der Waals surface area contributed by atoms with Crippen LogP contribution in [0.15, 0.2) is 5.38 Å². The van der Waals surface area contributed by atoms with Crippen LogP contribution in [0.2, 0.25) is 0 Å². The van der Waals surface area contributed by atoms with Crippen molar-refractivity contribution in [1.29, 1.82) is 0 Å². The van der Waals surface area contributed by atoms with Gasteiger partial charge in [-0.2, -0.15) is 0 Å².